The molecule has 0 bridgehead atoms. The van der Waals surface area contributed by atoms with E-state index in [4.69, 9.17) is 0 Å². The Kier molecular flexibility index (Phi) is 1.57. The second-order valence-electron chi connectivity index (χ2n) is 2.88. The zero-order valence-corrected chi connectivity index (χ0v) is 5.35. The van der Waals surface area contributed by atoms with Crippen molar-refractivity contribution < 1.29 is 5.11 Å². The second-order valence-corrected chi connectivity index (χ2v) is 2.88. The lowest BCUT2D eigenvalue weighted by molar-refractivity contribution is 0.0372. The molecule has 8 heavy (non-hydrogen) atoms. The van der Waals surface area contributed by atoms with E-state index >= 15 is 0 Å². The molecule has 1 aliphatic carbocycles. The summed E-state index contributed by atoms with van der Waals surface area (Å²) in [5.74, 6) is 0. The largest absolute Gasteiger partial charge is 0.390 e. The summed E-state index contributed by atoms with van der Waals surface area (Å²) in [5.41, 5.74) is -0.377. The molecule has 1 aliphatic rings. The van der Waals surface area contributed by atoms with Crippen LogP contribution in [0.4, 0.5) is 0 Å². The number of rotatable bonds is 0. The van der Waals surface area contributed by atoms with Crippen LogP contribution in [-0.2, 0) is 0 Å². The van der Waals surface area contributed by atoms with Gasteiger partial charge < -0.3 is 5.11 Å². The molecular weight excluding hydrogens is 100 g/mol. The van der Waals surface area contributed by atoms with E-state index in [-0.39, 0.29) is 5.60 Å². The van der Waals surface area contributed by atoms with Crippen LogP contribution in [0.15, 0.2) is 0 Å². The molecule has 1 radical (unpaired) electrons. The summed E-state index contributed by atoms with van der Waals surface area (Å²) in [6.07, 6.45) is 6.38. The summed E-state index contributed by atoms with van der Waals surface area (Å²) in [7, 11) is 0. The van der Waals surface area contributed by atoms with Crippen LogP contribution in [0.3, 0.4) is 0 Å². The molecule has 0 aromatic heterocycles. The molecule has 1 saturated carbocycles. The van der Waals surface area contributed by atoms with Crippen LogP contribution in [0.25, 0.3) is 0 Å². The van der Waals surface area contributed by atoms with E-state index in [9.17, 15) is 5.11 Å². The topological polar surface area (TPSA) is 20.2 Å². The van der Waals surface area contributed by atoms with Crippen LogP contribution in [-0.4, -0.2) is 10.7 Å². The highest BCUT2D eigenvalue weighted by Gasteiger charge is 2.22. The molecule has 0 aromatic rings. The third-order valence-electron chi connectivity index (χ3n) is 1.71. The van der Waals surface area contributed by atoms with Gasteiger partial charge in [-0.15, -0.1) is 0 Å². The fourth-order valence-corrected chi connectivity index (χ4v) is 1.14. The van der Waals surface area contributed by atoms with Crippen LogP contribution in [0.1, 0.15) is 32.6 Å². The minimum atomic E-state index is -0.377. The third kappa shape index (κ3) is 1.48. The quantitative estimate of drug-likeness (QED) is 0.505. The Morgan fingerprint density at radius 3 is 2.62 bits per heavy atom. The van der Waals surface area contributed by atoms with Gasteiger partial charge in [-0.1, -0.05) is 6.42 Å². The van der Waals surface area contributed by atoms with Gasteiger partial charge in [0.25, 0.3) is 0 Å². The van der Waals surface area contributed by atoms with Gasteiger partial charge in [0.15, 0.2) is 0 Å². The first-order valence-electron chi connectivity index (χ1n) is 3.25. The summed E-state index contributed by atoms with van der Waals surface area (Å²) in [5, 5.41) is 9.34. The average molecular weight is 113 g/mol. The Morgan fingerprint density at radius 1 is 1.62 bits per heavy atom. The standard InChI is InChI=1S/C7H13O/c1-7(8)5-3-2-4-6-7/h3,8H,2,4-6H2,1H3. The van der Waals surface area contributed by atoms with Gasteiger partial charge in [-0.2, -0.15) is 0 Å². The van der Waals surface area contributed by atoms with Crippen LogP contribution < -0.4 is 0 Å². The molecule has 0 spiro atoms. The van der Waals surface area contributed by atoms with Crippen molar-refractivity contribution in [2.45, 2.75) is 38.2 Å². The van der Waals surface area contributed by atoms with E-state index in [0.717, 1.165) is 19.3 Å². The first kappa shape index (κ1) is 6.09. The Labute approximate surface area is 50.7 Å². The summed E-state index contributed by atoms with van der Waals surface area (Å²) >= 11 is 0. The molecule has 0 heterocycles. The molecule has 1 heteroatoms. The van der Waals surface area contributed by atoms with Gasteiger partial charge in [-0.25, -0.2) is 0 Å². The summed E-state index contributed by atoms with van der Waals surface area (Å²) in [4.78, 5) is 0. The molecule has 0 aliphatic heterocycles. The highest BCUT2D eigenvalue weighted by atomic mass is 16.3. The Hall–Kier alpha value is -0.0400. The fourth-order valence-electron chi connectivity index (χ4n) is 1.14. The van der Waals surface area contributed by atoms with Crippen molar-refractivity contribution in [1.29, 1.82) is 0 Å². The zero-order chi connectivity index (χ0) is 6.04. The molecule has 1 atom stereocenters. The van der Waals surface area contributed by atoms with Gasteiger partial charge in [0, 0.05) is 0 Å². The molecular formula is C7H13O. The molecule has 0 aromatic carbocycles. The first-order chi connectivity index (χ1) is 3.71. The number of hydrogen-bond acceptors (Lipinski definition) is 1. The molecule has 1 fully saturated rings. The van der Waals surface area contributed by atoms with E-state index in [2.05, 4.69) is 6.42 Å². The van der Waals surface area contributed by atoms with Crippen molar-refractivity contribution in [2.75, 3.05) is 0 Å². The van der Waals surface area contributed by atoms with Crippen LogP contribution in [0.5, 0.6) is 0 Å². The fraction of sp³-hybridized carbons (Fsp3) is 0.857. The normalized spacial score (nSPS) is 27.8. The smallest absolute Gasteiger partial charge is 0.0622 e. The van der Waals surface area contributed by atoms with E-state index in [1.807, 2.05) is 6.92 Å². The molecule has 0 saturated heterocycles. The van der Waals surface area contributed by atoms with Gasteiger partial charge in [0.2, 0.25) is 0 Å². The van der Waals surface area contributed by atoms with Crippen molar-refractivity contribution >= 4 is 0 Å². The molecule has 47 valence electrons. The van der Waals surface area contributed by atoms with Crippen molar-refractivity contribution in [3.8, 4) is 0 Å². The third-order valence-corrected chi connectivity index (χ3v) is 1.71. The summed E-state index contributed by atoms with van der Waals surface area (Å²) in [6, 6.07) is 0. The molecule has 1 unspecified atom stereocenters. The Balaban J connectivity index is 2.33. The van der Waals surface area contributed by atoms with E-state index in [1.165, 1.54) is 6.42 Å². The Morgan fingerprint density at radius 2 is 2.38 bits per heavy atom. The SMILES string of the molecule is CC1(O)C[CH]CCC1. The van der Waals surface area contributed by atoms with E-state index in [0.29, 0.717) is 0 Å². The molecule has 1 nitrogen and oxygen atoms in total. The maximum atomic E-state index is 9.34. The van der Waals surface area contributed by atoms with Gasteiger partial charge in [0.1, 0.15) is 0 Å². The van der Waals surface area contributed by atoms with Gasteiger partial charge in [-0.05, 0) is 32.6 Å². The minimum absolute atomic E-state index is 0.377. The van der Waals surface area contributed by atoms with Gasteiger partial charge in [0.05, 0.1) is 5.60 Å². The van der Waals surface area contributed by atoms with Crippen molar-refractivity contribution in [3.63, 3.8) is 0 Å². The van der Waals surface area contributed by atoms with Gasteiger partial charge in [-0.3, -0.25) is 0 Å². The maximum Gasteiger partial charge on any atom is 0.0622 e. The predicted octanol–water partition coefficient (Wildman–Crippen LogP) is 1.52. The highest BCUT2D eigenvalue weighted by Crippen LogP contribution is 2.25. The second kappa shape index (κ2) is 2.06. The Bertz CT molecular complexity index is 68.5. The zero-order valence-electron chi connectivity index (χ0n) is 5.35. The van der Waals surface area contributed by atoms with Crippen LogP contribution >= 0.6 is 0 Å². The predicted molar refractivity (Wildman–Crippen MR) is 33.4 cm³/mol. The molecule has 0 amide bonds. The maximum absolute atomic E-state index is 9.34. The lowest BCUT2D eigenvalue weighted by atomic mass is 9.87. The van der Waals surface area contributed by atoms with Crippen LogP contribution in [0.2, 0.25) is 0 Å². The lowest BCUT2D eigenvalue weighted by Crippen LogP contribution is -2.26. The number of hydrogen-bond donors (Lipinski definition) is 1. The number of aliphatic hydroxyl groups is 1. The van der Waals surface area contributed by atoms with E-state index < -0.39 is 0 Å². The monoisotopic (exact) mass is 113 g/mol. The van der Waals surface area contributed by atoms with Crippen molar-refractivity contribution in [3.05, 3.63) is 6.42 Å². The average Bonchev–Trinajstić information content (AvgIpc) is 1.65. The molecule has 1 N–H and O–H groups in total. The van der Waals surface area contributed by atoms with Crippen molar-refractivity contribution in [2.24, 2.45) is 0 Å². The van der Waals surface area contributed by atoms with Crippen molar-refractivity contribution in [1.82, 2.24) is 0 Å². The van der Waals surface area contributed by atoms with Gasteiger partial charge >= 0.3 is 0 Å². The summed E-state index contributed by atoms with van der Waals surface area (Å²) < 4.78 is 0. The molecule has 1 rings (SSSR count). The lowest BCUT2D eigenvalue weighted by Gasteiger charge is -2.26. The summed E-state index contributed by atoms with van der Waals surface area (Å²) in [6.45, 7) is 1.91. The first-order valence-corrected chi connectivity index (χ1v) is 3.25. The minimum Gasteiger partial charge on any atom is -0.390 e. The van der Waals surface area contributed by atoms with Crippen LogP contribution in [0, 0.1) is 6.42 Å². The van der Waals surface area contributed by atoms with E-state index in [1.54, 1.807) is 0 Å². The highest BCUT2D eigenvalue weighted by molar-refractivity contribution is 4.85.